The van der Waals surface area contributed by atoms with E-state index in [-0.39, 0.29) is 0 Å². The molecule has 1 heterocycles. The molecule has 0 aliphatic carbocycles. The first kappa shape index (κ1) is 15.9. The second-order valence-corrected chi connectivity index (χ2v) is 4.32. The molecule has 0 unspecified atom stereocenters. The summed E-state index contributed by atoms with van der Waals surface area (Å²) < 4.78 is 19.6. The molecule has 0 spiro atoms. The van der Waals surface area contributed by atoms with Crippen LogP contribution in [0.5, 0.6) is 0 Å². The highest BCUT2D eigenvalue weighted by Gasteiger charge is 2.52. The number of rotatable bonds is 4. The third-order valence-electron chi connectivity index (χ3n) is 2.52. The van der Waals surface area contributed by atoms with E-state index in [0.717, 1.165) is 13.8 Å². The van der Waals surface area contributed by atoms with Crippen LogP contribution in [0.4, 0.5) is 0 Å². The zero-order valence-electron chi connectivity index (χ0n) is 11.6. The summed E-state index contributed by atoms with van der Waals surface area (Å²) in [7, 11) is 0. The molecule has 0 amide bonds. The van der Waals surface area contributed by atoms with Crippen molar-refractivity contribution in [1.29, 1.82) is 0 Å². The van der Waals surface area contributed by atoms with Crippen LogP contribution in [0.3, 0.4) is 0 Å². The fourth-order valence-corrected chi connectivity index (χ4v) is 1.88. The van der Waals surface area contributed by atoms with Crippen molar-refractivity contribution in [2.45, 2.75) is 52.1 Å². The van der Waals surface area contributed by atoms with Gasteiger partial charge in [0.1, 0.15) is 6.10 Å². The van der Waals surface area contributed by atoms with Crippen LogP contribution in [0.15, 0.2) is 0 Å². The summed E-state index contributed by atoms with van der Waals surface area (Å²) in [6.45, 7) is 4.92. The van der Waals surface area contributed by atoms with Crippen LogP contribution in [0.1, 0.15) is 27.7 Å². The molecule has 112 valence electrons. The number of carbonyl (C=O) groups is 4. The van der Waals surface area contributed by atoms with E-state index >= 15 is 0 Å². The molecule has 0 aromatic heterocycles. The predicted molar refractivity (Wildman–Crippen MR) is 62.2 cm³/mol. The van der Waals surface area contributed by atoms with Crippen LogP contribution in [0.2, 0.25) is 0 Å². The second-order valence-electron chi connectivity index (χ2n) is 4.32. The van der Waals surface area contributed by atoms with Gasteiger partial charge in [0.05, 0.1) is 0 Å². The van der Waals surface area contributed by atoms with Crippen molar-refractivity contribution in [2.75, 3.05) is 0 Å². The fraction of sp³-hybridized carbons (Fsp3) is 0.667. The molecule has 20 heavy (non-hydrogen) atoms. The van der Waals surface area contributed by atoms with Crippen molar-refractivity contribution >= 4 is 23.9 Å². The van der Waals surface area contributed by atoms with Crippen molar-refractivity contribution < 1.29 is 38.1 Å². The van der Waals surface area contributed by atoms with E-state index in [2.05, 4.69) is 0 Å². The van der Waals surface area contributed by atoms with Crippen molar-refractivity contribution in [3.05, 3.63) is 0 Å². The van der Waals surface area contributed by atoms with Crippen molar-refractivity contribution in [3.63, 3.8) is 0 Å². The van der Waals surface area contributed by atoms with Crippen LogP contribution < -0.4 is 0 Å². The molecular weight excluding hydrogens is 272 g/mol. The molecule has 1 saturated heterocycles. The lowest BCUT2D eigenvalue weighted by Gasteiger charge is -2.24. The van der Waals surface area contributed by atoms with Gasteiger partial charge in [-0.2, -0.15) is 0 Å². The molecule has 8 heteroatoms. The first-order valence-electron chi connectivity index (χ1n) is 5.94. The minimum absolute atomic E-state index is 0.578. The number of hydrogen-bond donors (Lipinski definition) is 0. The first-order chi connectivity index (χ1) is 9.22. The van der Waals surface area contributed by atoms with Gasteiger partial charge in [0.15, 0.2) is 12.2 Å². The standard InChI is InChI=1S/C12H16O8/c1-5(17-6(2)13)9-10(18-7(3)14)11(12(16)20-9)19-8(4)15/h5,9-11H,1-4H3/t5-,9-,10+,11+/m0/s1. The topological polar surface area (TPSA) is 105 Å². The maximum atomic E-state index is 11.7. The summed E-state index contributed by atoms with van der Waals surface area (Å²) in [5, 5.41) is 0. The van der Waals surface area contributed by atoms with Gasteiger partial charge in [-0.15, -0.1) is 0 Å². The van der Waals surface area contributed by atoms with E-state index < -0.39 is 48.3 Å². The van der Waals surface area contributed by atoms with Gasteiger partial charge in [-0.05, 0) is 6.92 Å². The predicted octanol–water partition coefficient (Wildman–Crippen LogP) is -0.273. The molecule has 0 aromatic carbocycles. The molecule has 8 nitrogen and oxygen atoms in total. The summed E-state index contributed by atoms with van der Waals surface area (Å²) in [6, 6.07) is 0. The molecule has 1 fully saturated rings. The number of cyclic esters (lactones) is 1. The SMILES string of the molecule is CC(=O)O[C@@H]1[C@H]([C@H](C)OC(C)=O)OC(=O)[C@@H]1OC(C)=O. The summed E-state index contributed by atoms with van der Waals surface area (Å²) in [4.78, 5) is 44.7. The van der Waals surface area contributed by atoms with Gasteiger partial charge in [-0.25, -0.2) is 4.79 Å². The number of ether oxygens (including phenoxy) is 4. The van der Waals surface area contributed by atoms with Crippen LogP contribution in [-0.4, -0.2) is 48.3 Å². The molecule has 1 aliphatic rings. The van der Waals surface area contributed by atoms with Gasteiger partial charge in [-0.1, -0.05) is 0 Å². The largest absolute Gasteiger partial charge is 0.459 e. The first-order valence-corrected chi connectivity index (χ1v) is 5.94. The number of esters is 4. The van der Waals surface area contributed by atoms with Crippen molar-refractivity contribution in [2.24, 2.45) is 0 Å². The summed E-state index contributed by atoms with van der Waals surface area (Å²) in [5.41, 5.74) is 0. The van der Waals surface area contributed by atoms with E-state index in [1.54, 1.807) is 0 Å². The molecule has 1 rings (SSSR count). The third-order valence-corrected chi connectivity index (χ3v) is 2.52. The Morgan fingerprint density at radius 3 is 2.05 bits per heavy atom. The van der Waals surface area contributed by atoms with Gasteiger partial charge in [0, 0.05) is 20.8 Å². The van der Waals surface area contributed by atoms with Crippen LogP contribution in [0, 0.1) is 0 Å². The average Bonchev–Trinajstić information content (AvgIpc) is 2.55. The minimum atomic E-state index is -1.36. The van der Waals surface area contributed by atoms with E-state index in [1.807, 2.05) is 0 Å². The Labute approximate surface area is 115 Å². The van der Waals surface area contributed by atoms with Crippen LogP contribution in [0.25, 0.3) is 0 Å². The Balaban J connectivity index is 2.92. The maximum absolute atomic E-state index is 11.7. The zero-order valence-corrected chi connectivity index (χ0v) is 11.6. The van der Waals surface area contributed by atoms with Gasteiger partial charge in [0.2, 0.25) is 6.10 Å². The van der Waals surface area contributed by atoms with E-state index in [1.165, 1.54) is 13.8 Å². The van der Waals surface area contributed by atoms with Crippen molar-refractivity contribution in [3.8, 4) is 0 Å². The minimum Gasteiger partial charge on any atom is -0.459 e. The Morgan fingerprint density at radius 2 is 1.60 bits per heavy atom. The Kier molecular flexibility index (Phi) is 5.06. The van der Waals surface area contributed by atoms with E-state index in [0.29, 0.717) is 0 Å². The fourth-order valence-electron chi connectivity index (χ4n) is 1.88. The summed E-state index contributed by atoms with van der Waals surface area (Å²) in [5.74, 6) is -2.82. The van der Waals surface area contributed by atoms with E-state index in [4.69, 9.17) is 18.9 Å². The monoisotopic (exact) mass is 288 g/mol. The Hall–Kier alpha value is -2.12. The van der Waals surface area contributed by atoms with Crippen LogP contribution in [-0.2, 0) is 38.1 Å². The quantitative estimate of drug-likeness (QED) is 0.514. The molecule has 0 N–H and O–H groups in total. The lowest BCUT2D eigenvalue weighted by atomic mass is 10.1. The van der Waals surface area contributed by atoms with E-state index in [9.17, 15) is 19.2 Å². The van der Waals surface area contributed by atoms with Gasteiger partial charge >= 0.3 is 23.9 Å². The smallest absolute Gasteiger partial charge is 0.352 e. The lowest BCUT2D eigenvalue weighted by Crippen LogP contribution is -2.43. The lowest BCUT2D eigenvalue weighted by molar-refractivity contribution is -0.169. The third kappa shape index (κ3) is 3.94. The van der Waals surface area contributed by atoms with Gasteiger partial charge in [0.25, 0.3) is 0 Å². The van der Waals surface area contributed by atoms with Crippen LogP contribution >= 0.6 is 0 Å². The Bertz CT molecular complexity index is 429. The Morgan fingerprint density at radius 1 is 1.05 bits per heavy atom. The molecular formula is C12H16O8. The van der Waals surface area contributed by atoms with Gasteiger partial charge in [-0.3, -0.25) is 14.4 Å². The summed E-state index contributed by atoms with van der Waals surface area (Å²) in [6.07, 6.45) is -4.39. The molecule has 4 atom stereocenters. The normalized spacial score (nSPS) is 26.4. The molecule has 0 radical (unpaired) electrons. The highest BCUT2D eigenvalue weighted by molar-refractivity contribution is 5.82. The second kappa shape index (κ2) is 6.36. The maximum Gasteiger partial charge on any atom is 0.352 e. The average molecular weight is 288 g/mol. The molecule has 0 aromatic rings. The summed E-state index contributed by atoms with van der Waals surface area (Å²) >= 11 is 0. The molecule has 1 aliphatic heterocycles. The molecule has 0 saturated carbocycles. The molecule has 0 bridgehead atoms. The van der Waals surface area contributed by atoms with Crippen molar-refractivity contribution in [1.82, 2.24) is 0 Å². The number of hydrogen-bond acceptors (Lipinski definition) is 8. The van der Waals surface area contributed by atoms with Gasteiger partial charge < -0.3 is 18.9 Å². The highest BCUT2D eigenvalue weighted by Crippen LogP contribution is 2.26. The highest BCUT2D eigenvalue weighted by atomic mass is 16.7. The zero-order chi connectivity index (χ0) is 15.4. The number of carbonyl (C=O) groups excluding carboxylic acids is 4.